The average molecular weight is 589 g/mol. The van der Waals surface area contributed by atoms with E-state index in [2.05, 4.69) is 27.3 Å². The van der Waals surface area contributed by atoms with Crippen LogP contribution in [0, 0.1) is 0 Å². The molecule has 0 radical (unpaired) electrons. The van der Waals surface area contributed by atoms with E-state index in [4.69, 9.17) is 23.2 Å². The van der Waals surface area contributed by atoms with E-state index in [1.165, 1.54) is 27.9 Å². The summed E-state index contributed by atoms with van der Waals surface area (Å²) in [4.78, 5) is 48.8. The van der Waals surface area contributed by atoms with Crippen LogP contribution < -0.4 is 5.32 Å². The number of nitrogens with one attached hydrogen (secondary N) is 1. The number of nitrogens with zero attached hydrogens (tertiary/aromatic N) is 4. The Labute approximate surface area is 242 Å². The van der Waals surface area contributed by atoms with Gasteiger partial charge in [0.1, 0.15) is 6.54 Å². The SMILES string of the molecule is CC(C)N(CC(=O)Nc1nc(CC(=O)N2CCN(Cc3ccccc3)CC2)cs1)C(=O)c1ccc(Cl)cc1Cl. The number of carbonyl (C=O) groups is 3. The van der Waals surface area contributed by atoms with Crippen molar-refractivity contribution in [3.8, 4) is 0 Å². The quantitative estimate of drug-likeness (QED) is 0.387. The summed E-state index contributed by atoms with van der Waals surface area (Å²) in [6.45, 7) is 7.36. The molecule has 2 aromatic carbocycles. The van der Waals surface area contributed by atoms with Gasteiger partial charge < -0.3 is 15.1 Å². The summed E-state index contributed by atoms with van der Waals surface area (Å²) in [5, 5.41) is 5.56. The second-order valence-electron chi connectivity index (χ2n) is 9.66. The van der Waals surface area contributed by atoms with Crippen molar-refractivity contribution in [2.24, 2.45) is 0 Å². The predicted molar refractivity (Wildman–Crippen MR) is 155 cm³/mol. The van der Waals surface area contributed by atoms with Gasteiger partial charge in [-0.1, -0.05) is 53.5 Å². The van der Waals surface area contributed by atoms with E-state index in [1.807, 2.05) is 36.9 Å². The van der Waals surface area contributed by atoms with Gasteiger partial charge in [-0.05, 0) is 37.6 Å². The summed E-state index contributed by atoms with van der Waals surface area (Å²) in [6, 6.07) is 14.7. The highest BCUT2D eigenvalue weighted by molar-refractivity contribution is 7.13. The standard InChI is InChI=1S/C28H31Cl2N5O3S/c1-19(2)35(27(38)23-9-8-21(29)14-24(23)30)17-25(36)32-28-31-22(18-39-28)15-26(37)34-12-10-33(11-13-34)16-20-6-4-3-5-7-20/h3-9,14,18-19H,10-13,15-17H2,1-2H3,(H,31,32,36). The first kappa shape index (κ1) is 29.0. The van der Waals surface area contributed by atoms with Gasteiger partial charge in [0.15, 0.2) is 5.13 Å². The number of amides is 3. The molecule has 39 heavy (non-hydrogen) atoms. The minimum atomic E-state index is -0.385. The first-order valence-corrected chi connectivity index (χ1v) is 14.4. The molecule has 1 aliphatic heterocycles. The Morgan fingerprint density at radius 3 is 2.44 bits per heavy atom. The summed E-state index contributed by atoms with van der Waals surface area (Å²) < 4.78 is 0. The molecule has 3 aromatic rings. The topological polar surface area (TPSA) is 85.8 Å². The van der Waals surface area contributed by atoms with Crippen LogP contribution in [-0.4, -0.2) is 76.2 Å². The van der Waals surface area contributed by atoms with Gasteiger partial charge in [0.05, 0.1) is 22.7 Å². The molecule has 11 heteroatoms. The molecule has 0 atom stereocenters. The molecule has 206 valence electrons. The van der Waals surface area contributed by atoms with E-state index in [0.717, 1.165) is 19.6 Å². The van der Waals surface area contributed by atoms with Crippen LogP contribution in [0.3, 0.4) is 0 Å². The molecule has 0 bridgehead atoms. The van der Waals surface area contributed by atoms with Crippen LogP contribution in [0.1, 0.15) is 35.5 Å². The zero-order valence-corrected chi connectivity index (χ0v) is 24.2. The molecule has 1 aromatic heterocycles. The third-order valence-corrected chi connectivity index (χ3v) is 7.82. The second-order valence-corrected chi connectivity index (χ2v) is 11.4. The minimum absolute atomic E-state index is 0.0222. The lowest BCUT2D eigenvalue weighted by molar-refractivity contribution is -0.132. The van der Waals surface area contributed by atoms with Crippen molar-refractivity contribution < 1.29 is 14.4 Å². The molecule has 4 rings (SSSR count). The Bertz CT molecular complexity index is 1310. The molecule has 0 aliphatic carbocycles. The van der Waals surface area contributed by atoms with E-state index >= 15 is 0 Å². The fourth-order valence-corrected chi connectivity index (χ4v) is 5.55. The van der Waals surface area contributed by atoms with Crippen molar-refractivity contribution in [1.29, 1.82) is 0 Å². The van der Waals surface area contributed by atoms with E-state index < -0.39 is 0 Å². The molecule has 1 fully saturated rings. The van der Waals surface area contributed by atoms with Crippen molar-refractivity contribution in [3.05, 3.63) is 80.8 Å². The molecule has 1 aliphatic rings. The van der Waals surface area contributed by atoms with Crippen molar-refractivity contribution in [2.45, 2.75) is 32.9 Å². The fraction of sp³-hybridized carbons (Fsp3) is 0.357. The summed E-state index contributed by atoms with van der Waals surface area (Å²) in [5.41, 5.74) is 2.15. The second kappa shape index (κ2) is 13.4. The van der Waals surface area contributed by atoms with Gasteiger partial charge in [-0.15, -0.1) is 11.3 Å². The molecule has 3 amide bonds. The molecule has 2 heterocycles. The predicted octanol–water partition coefficient (Wildman–Crippen LogP) is 4.83. The van der Waals surface area contributed by atoms with Crippen LogP contribution in [0.5, 0.6) is 0 Å². The number of anilines is 1. The van der Waals surface area contributed by atoms with E-state index in [-0.39, 0.29) is 47.3 Å². The van der Waals surface area contributed by atoms with Gasteiger partial charge in [-0.2, -0.15) is 0 Å². The lowest BCUT2D eigenvalue weighted by Crippen LogP contribution is -2.48. The third kappa shape index (κ3) is 8.02. The molecular formula is C28H31Cl2N5O3S. The maximum Gasteiger partial charge on any atom is 0.256 e. The fourth-order valence-electron chi connectivity index (χ4n) is 4.33. The van der Waals surface area contributed by atoms with Crippen LogP contribution in [0.15, 0.2) is 53.9 Å². The van der Waals surface area contributed by atoms with Gasteiger partial charge in [0.2, 0.25) is 11.8 Å². The van der Waals surface area contributed by atoms with Crippen molar-refractivity contribution in [2.75, 3.05) is 38.0 Å². The van der Waals surface area contributed by atoms with Gasteiger partial charge >= 0.3 is 0 Å². The van der Waals surface area contributed by atoms with Crippen molar-refractivity contribution in [1.82, 2.24) is 19.7 Å². The summed E-state index contributed by atoms with van der Waals surface area (Å²) in [7, 11) is 0. The highest BCUT2D eigenvalue weighted by atomic mass is 35.5. The monoisotopic (exact) mass is 587 g/mol. The van der Waals surface area contributed by atoms with E-state index in [9.17, 15) is 14.4 Å². The van der Waals surface area contributed by atoms with E-state index in [1.54, 1.807) is 17.5 Å². The molecule has 0 spiro atoms. The van der Waals surface area contributed by atoms with Crippen LogP contribution in [0.25, 0.3) is 0 Å². The van der Waals surface area contributed by atoms with Crippen molar-refractivity contribution >= 4 is 57.4 Å². The number of hydrogen-bond acceptors (Lipinski definition) is 6. The average Bonchev–Trinajstić information content (AvgIpc) is 3.34. The number of thiazole rings is 1. The largest absolute Gasteiger partial charge is 0.340 e. The highest BCUT2D eigenvalue weighted by Gasteiger charge is 2.25. The van der Waals surface area contributed by atoms with Gasteiger partial charge in [-0.3, -0.25) is 19.3 Å². The van der Waals surface area contributed by atoms with Crippen LogP contribution >= 0.6 is 34.5 Å². The van der Waals surface area contributed by atoms with Gasteiger partial charge in [-0.25, -0.2) is 4.98 Å². The normalized spacial score (nSPS) is 13.9. The number of hydrogen-bond donors (Lipinski definition) is 1. The number of piperazine rings is 1. The molecule has 1 N–H and O–H groups in total. The summed E-state index contributed by atoms with van der Waals surface area (Å²) in [5.74, 6) is -0.728. The molecule has 8 nitrogen and oxygen atoms in total. The Kier molecular flexibility index (Phi) is 9.96. The zero-order valence-electron chi connectivity index (χ0n) is 21.9. The van der Waals surface area contributed by atoms with Gasteiger partial charge in [0, 0.05) is 49.2 Å². The molecular weight excluding hydrogens is 557 g/mol. The van der Waals surface area contributed by atoms with Crippen LogP contribution in [-0.2, 0) is 22.6 Å². The number of aromatic nitrogens is 1. The minimum Gasteiger partial charge on any atom is -0.340 e. The number of rotatable bonds is 9. The molecule has 1 saturated heterocycles. The van der Waals surface area contributed by atoms with Crippen LogP contribution in [0.4, 0.5) is 5.13 Å². The van der Waals surface area contributed by atoms with Gasteiger partial charge in [0.25, 0.3) is 5.91 Å². The molecule has 0 saturated carbocycles. The first-order chi connectivity index (χ1) is 18.7. The maximum absolute atomic E-state index is 13.1. The lowest BCUT2D eigenvalue weighted by Gasteiger charge is -2.34. The smallest absolute Gasteiger partial charge is 0.256 e. The lowest BCUT2D eigenvalue weighted by atomic mass is 10.1. The summed E-state index contributed by atoms with van der Waals surface area (Å²) in [6.07, 6.45) is 0.177. The Morgan fingerprint density at radius 2 is 1.77 bits per heavy atom. The van der Waals surface area contributed by atoms with Crippen LogP contribution in [0.2, 0.25) is 10.0 Å². The Morgan fingerprint density at radius 1 is 1.05 bits per heavy atom. The number of carbonyl (C=O) groups excluding carboxylic acids is 3. The summed E-state index contributed by atoms with van der Waals surface area (Å²) >= 11 is 13.4. The zero-order chi connectivity index (χ0) is 27.9. The van der Waals surface area contributed by atoms with E-state index in [0.29, 0.717) is 28.9 Å². The maximum atomic E-state index is 13.1. The Balaban J connectivity index is 1.27. The van der Waals surface area contributed by atoms with Crippen molar-refractivity contribution in [3.63, 3.8) is 0 Å². The number of benzene rings is 2. The highest BCUT2D eigenvalue weighted by Crippen LogP contribution is 2.23. The third-order valence-electron chi connectivity index (χ3n) is 6.46. The number of halogens is 2. The first-order valence-electron chi connectivity index (χ1n) is 12.7. The Hall–Kier alpha value is -2.98. The molecule has 0 unspecified atom stereocenters.